The molecule has 2 aromatic heterocycles. The van der Waals surface area contributed by atoms with E-state index in [9.17, 15) is 4.79 Å². The van der Waals surface area contributed by atoms with Gasteiger partial charge in [-0.25, -0.2) is 9.97 Å². The molecule has 3 N–H and O–H groups in total. The minimum absolute atomic E-state index is 0.203. The first kappa shape index (κ1) is 18.7. The van der Waals surface area contributed by atoms with E-state index in [4.69, 9.17) is 0 Å². The molecule has 0 unspecified atom stereocenters. The van der Waals surface area contributed by atoms with Crippen LogP contribution in [0.1, 0.15) is 27.2 Å². The molecular weight excluding hydrogens is 362 g/mol. The van der Waals surface area contributed by atoms with Crippen LogP contribution in [0.15, 0.2) is 67.0 Å². The number of aryl methyl sites for hydroxylation is 1. The fourth-order valence-corrected chi connectivity index (χ4v) is 3.29. The molecule has 1 amide bonds. The quantitative estimate of drug-likeness (QED) is 0.451. The number of amides is 1. The Morgan fingerprint density at radius 1 is 1.03 bits per heavy atom. The Morgan fingerprint density at radius 2 is 1.86 bits per heavy atom. The van der Waals surface area contributed by atoms with Gasteiger partial charge in [-0.2, -0.15) is 0 Å². The van der Waals surface area contributed by atoms with E-state index in [2.05, 4.69) is 50.7 Å². The average molecular weight is 385 g/mol. The largest absolute Gasteiger partial charge is 0.361 e. The second-order valence-electron chi connectivity index (χ2n) is 6.91. The van der Waals surface area contributed by atoms with Crippen molar-refractivity contribution in [2.45, 2.75) is 19.9 Å². The third kappa shape index (κ3) is 4.43. The van der Waals surface area contributed by atoms with Gasteiger partial charge in [0.2, 0.25) is 5.95 Å². The fraction of sp³-hybridized carbons (Fsp3) is 0.174. The molecule has 0 radical (unpaired) electrons. The number of nitrogens with zero attached hydrogens (tertiary/aromatic N) is 2. The van der Waals surface area contributed by atoms with Gasteiger partial charge >= 0.3 is 0 Å². The van der Waals surface area contributed by atoms with Crippen molar-refractivity contribution in [2.75, 3.05) is 11.9 Å². The smallest absolute Gasteiger partial charge is 0.270 e. The first-order chi connectivity index (χ1) is 14.2. The lowest BCUT2D eigenvalue weighted by Gasteiger charge is -2.09. The summed E-state index contributed by atoms with van der Waals surface area (Å²) in [5, 5.41) is 7.32. The van der Waals surface area contributed by atoms with Crippen molar-refractivity contribution in [3.05, 3.63) is 89.4 Å². The van der Waals surface area contributed by atoms with Crippen LogP contribution in [-0.2, 0) is 13.0 Å². The van der Waals surface area contributed by atoms with E-state index in [1.165, 1.54) is 22.1 Å². The van der Waals surface area contributed by atoms with Gasteiger partial charge in [0.05, 0.1) is 0 Å². The molecule has 0 saturated heterocycles. The second kappa shape index (κ2) is 8.56. The van der Waals surface area contributed by atoms with E-state index < -0.39 is 0 Å². The number of rotatable bonds is 7. The molecule has 0 aliphatic heterocycles. The number of H-pyrrole nitrogens is 1. The third-order valence-corrected chi connectivity index (χ3v) is 4.94. The molecule has 0 atom stereocenters. The summed E-state index contributed by atoms with van der Waals surface area (Å²) in [5.41, 5.74) is 5.01. The Morgan fingerprint density at radius 3 is 2.76 bits per heavy atom. The molecule has 0 aliphatic rings. The summed E-state index contributed by atoms with van der Waals surface area (Å²) in [4.78, 5) is 24.3. The zero-order valence-corrected chi connectivity index (χ0v) is 16.3. The van der Waals surface area contributed by atoms with Crippen LogP contribution in [0.25, 0.3) is 10.9 Å². The van der Waals surface area contributed by atoms with Gasteiger partial charge in [-0.05, 0) is 42.2 Å². The maximum atomic E-state index is 12.5. The normalized spacial score (nSPS) is 10.8. The molecule has 0 saturated carbocycles. The Hall–Kier alpha value is -3.67. The monoisotopic (exact) mass is 385 g/mol. The van der Waals surface area contributed by atoms with Crippen molar-refractivity contribution < 1.29 is 4.79 Å². The van der Waals surface area contributed by atoms with Crippen LogP contribution >= 0.6 is 0 Å². The van der Waals surface area contributed by atoms with Crippen LogP contribution < -0.4 is 10.6 Å². The molecule has 6 heteroatoms. The number of carbonyl (C=O) groups excluding carboxylic acids is 1. The Labute approximate surface area is 169 Å². The lowest BCUT2D eigenvalue weighted by molar-refractivity contribution is 0.0949. The van der Waals surface area contributed by atoms with Crippen LogP contribution in [0.5, 0.6) is 0 Å². The van der Waals surface area contributed by atoms with Crippen LogP contribution in [0.4, 0.5) is 5.95 Å². The highest BCUT2D eigenvalue weighted by molar-refractivity contribution is 5.92. The van der Waals surface area contributed by atoms with Gasteiger partial charge in [-0.15, -0.1) is 0 Å². The summed E-state index contributed by atoms with van der Waals surface area (Å²) in [6.45, 7) is 3.21. The molecular formula is C23H23N5O. The first-order valence-electron chi connectivity index (χ1n) is 9.65. The van der Waals surface area contributed by atoms with Gasteiger partial charge in [0, 0.05) is 36.4 Å². The Bertz CT molecular complexity index is 1130. The summed E-state index contributed by atoms with van der Waals surface area (Å²) >= 11 is 0. The number of carbonyl (C=O) groups is 1. The van der Waals surface area contributed by atoms with Crippen molar-refractivity contribution in [2.24, 2.45) is 0 Å². The number of benzene rings is 2. The van der Waals surface area contributed by atoms with Gasteiger partial charge in [-0.3, -0.25) is 4.79 Å². The summed E-state index contributed by atoms with van der Waals surface area (Å²) in [6.07, 6.45) is 4.34. The van der Waals surface area contributed by atoms with Gasteiger partial charge in [0.25, 0.3) is 5.91 Å². The fourth-order valence-electron chi connectivity index (χ4n) is 3.29. The van der Waals surface area contributed by atoms with Crippen LogP contribution in [0, 0.1) is 6.92 Å². The highest BCUT2D eigenvalue weighted by Gasteiger charge is 2.10. The first-order valence-corrected chi connectivity index (χ1v) is 9.65. The molecule has 2 heterocycles. The van der Waals surface area contributed by atoms with E-state index in [0.29, 0.717) is 24.7 Å². The molecule has 0 aliphatic carbocycles. The van der Waals surface area contributed by atoms with E-state index in [1.54, 1.807) is 12.3 Å². The SMILES string of the molecule is Cc1ccccc1CNc1nccc(C(=O)NCCc2c[nH]c3ccccc23)n1. The topological polar surface area (TPSA) is 82.7 Å². The van der Waals surface area contributed by atoms with Gasteiger partial charge < -0.3 is 15.6 Å². The number of anilines is 1. The van der Waals surface area contributed by atoms with Crippen LogP contribution in [0.3, 0.4) is 0 Å². The number of aromatic amines is 1. The number of nitrogens with one attached hydrogen (secondary N) is 3. The lowest BCUT2D eigenvalue weighted by Crippen LogP contribution is -2.26. The zero-order valence-electron chi connectivity index (χ0n) is 16.3. The van der Waals surface area contributed by atoms with E-state index >= 15 is 0 Å². The Kier molecular flexibility index (Phi) is 5.52. The number of fused-ring (bicyclic) bond motifs is 1. The third-order valence-electron chi connectivity index (χ3n) is 4.94. The second-order valence-corrected chi connectivity index (χ2v) is 6.91. The number of hydrogen-bond acceptors (Lipinski definition) is 4. The minimum Gasteiger partial charge on any atom is -0.361 e. The maximum Gasteiger partial charge on any atom is 0.270 e. The summed E-state index contributed by atoms with van der Waals surface area (Å²) in [5.74, 6) is 0.240. The van der Waals surface area contributed by atoms with E-state index in [-0.39, 0.29) is 5.91 Å². The van der Waals surface area contributed by atoms with Crippen LogP contribution in [-0.4, -0.2) is 27.4 Å². The van der Waals surface area contributed by atoms with Gasteiger partial charge in [-0.1, -0.05) is 42.5 Å². The lowest BCUT2D eigenvalue weighted by atomic mass is 10.1. The summed E-state index contributed by atoms with van der Waals surface area (Å²) in [6, 6.07) is 17.9. The number of aromatic nitrogens is 3. The highest BCUT2D eigenvalue weighted by Crippen LogP contribution is 2.17. The predicted molar refractivity (Wildman–Crippen MR) is 115 cm³/mol. The van der Waals surface area contributed by atoms with Crippen molar-refractivity contribution in [1.29, 1.82) is 0 Å². The van der Waals surface area contributed by atoms with Crippen molar-refractivity contribution in [1.82, 2.24) is 20.3 Å². The highest BCUT2D eigenvalue weighted by atomic mass is 16.1. The van der Waals surface area contributed by atoms with E-state index in [0.717, 1.165) is 11.9 Å². The molecule has 4 rings (SSSR count). The summed E-state index contributed by atoms with van der Waals surface area (Å²) in [7, 11) is 0. The van der Waals surface area contributed by atoms with Gasteiger partial charge in [0.1, 0.15) is 5.69 Å². The predicted octanol–water partition coefficient (Wildman–Crippen LogP) is 3.85. The summed E-state index contributed by atoms with van der Waals surface area (Å²) < 4.78 is 0. The van der Waals surface area contributed by atoms with Crippen LogP contribution in [0.2, 0.25) is 0 Å². The number of hydrogen-bond donors (Lipinski definition) is 3. The standard InChI is InChI=1S/C23H23N5O/c1-16-6-2-3-7-17(16)14-27-23-25-13-11-21(28-23)22(29)24-12-10-18-15-26-20-9-5-4-8-19(18)20/h2-9,11,13,15,26H,10,12,14H2,1H3,(H,24,29)(H,25,27,28). The zero-order chi connectivity index (χ0) is 20.1. The van der Waals surface area contributed by atoms with Crippen molar-refractivity contribution in [3.63, 3.8) is 0 Å². The maximum absolute atomic E-state index is 12.5. The molecule has 2 aromatic carbocycles. The molecule has 6 nitrogen and oxygen atoms in total. The molecule has 0 fully saturated rings. The van der Waals surface area contributed by atoms with Crippen molar-refractivity contribution >= 4 is 22.8 Å². The molecule has 146 valence electrons. The molecule has 4 aromatic rings. The molecule has 29 heavy (non-hydrogen) atoms. The van der Waals surface area contributed by atoms with Gasteiger partial charge in [0.15, 0.2) is 0 Å². The number of para-hydroxylation sites is 1. The minimum atomic E-state index is -0.203. The van der Waals surface area contributed by atoms with Crippen molar-refractivity contribution in [3.8, 4) is 0 Å². The molecule has 0 bridgehead atoms. The molecule has 0 spiro atoms. The Balaban J connectivity index is 1.34. The average Bonchev–Trinajstić information content (AvgIpc) is 3.16. The van der Waals surface area contributed by atoms with E-state index in [1.807, 2.05) is 36.5 Å².